The fourth-order valence-corrected chi connectivity index (χ4v) is 2.06. The Morgan fingerprint density at radius 1 is 0.824 bits per heavy atom. The van der Waals surface area contributed by atoms with E-state index in [0.717, 1.165) is 21.5 Å². The molecule has 2 nitrogen and oxygen atoms in total. The molecule has 17 heavy (non-hydrogen) atoms. The highest BCUT2D eigenvalue weighted by molar-refractivity contribution is 6.01. The van der Waals surface area contributed by atoms with Crippen LogP contribution in [0.15, 0.2) is 48.5 Å². The lowest BCUT2D eigenvalue weighted by Gasteiger charge is -2.04. The van der Waals surface area contributed by atoms with Gasteiger partial charge in [0.15, 0.2) is 0 Å². The fraction of sp³-hybridized carbons (Fsp3) is 0. The number of hydrogen-bond acceptors (Lipinski definition) is 2. The number of hydrogen-bond donors (Lipinski definition) is 1. The number of phenolic OH excluding ortho intramolecular Hbond substituents is 1. The lowest BCUT2D eigenvalue weighted by atomic mass is 10.0. The van der Waals surface area contributed by atoms with E-state index < -0.39 is 0 Å². The Morgan fingerprint density at radius 3 is 2.00 bits per heavy atom. The molecule has 0 aromatic heterocycles. The van der Waals surface area contributed by atoms with Crippen LogP contribution in [0.2, 0.25) is 0 Å². The SMILES string of the molecule is O=[C]c1cc2cc3ccccc3cc2cc1O. The van der Waals surface area contributed by atoms with E-state index in [0.29, 0.717) is 0 Å². The Kier molecular flexibility index (Phi) is 2.08. The molecule has 3 aromatic carbocycles. The molecule has 3 rings (SSSR count). The number of carbonyl (C=O) groups excluding carboxylic acids is 1. The monoisotopic (exact) mass is 221 g/mol. The maximum absolute atomic E-state index is 10.6. The molecule has 0 aliphatic rings. The van der Waals surface area contributed by atoms with Crippen LogP contribution in [-0.2, 0) is 4.79 Å². The lowest BCUT2D eigenvalue weighted by molar-refractivity contribution is 0.473. The molecule has 0 saturated heterocycles. The van der Waals surface area contributed by atoms with Crippen molar-refractivity contribution >= 4 is 27.8 Å². The Morgan fingerprint density at radius 2 is 1.41 bits per heavy atom. The number of fused-ring (bicyclic) bond motifs is 2. The van der Waals surface area contributed by atoms with E-state index >= 15 is 0 Å². The minimum absolute atomic E-state index is 0.0252. The van der Waals surface area contributed by atoms with Gasteiger partial charge in [-0.05, 0) is 45.8 Å². The van der Waals surface area contributed by atoms with Gasteiger partial charge in [-0.3, -0.25) is 4.79 Å². The molecule has 2 heteroatoms. The summed E-state index contributed by atoms with van der Waals surface area (Å²) in [4.78, 5) is 10.6. The van der Waals surface area contributed by atoms with E-state index in [4.69, 9.17) is 0 Å². The standard InChI is InChI=1S/C15H9O2/c16-9-14-7-12-5-10-3-1-2-4-11(10)6-13(12)8-15(14)17/h1-8,17H. The summed E-state index contributed by atoms with van der Waals surface area (Å²) in [5.41, 5.74) is 0.202. The van der Waals surface area contributed by atoms with E-state index in [1.807, 2.05) is 36.4 Å². The zero-order valence-corrected chi connectivity index (χ0v) is 8.97. The first-order chi connectivity index (χ1) is 8.28. The molecule has 0 atom stereocenters. The summed E-state index contributed by atoms with van der Waals surface area (Å²) in [7, 11) is 0. The predicted octanol–water partition coefficient (Wildman–Crippen LogP) is 3.16. The highest BCUT2D eigenvalue weighted by Crippen LogP contribution is 2.27. The summed E-state index contributed by atoms with van der Waals surface area (Å²) in [5, 5.41) is 13.7. The van der Waals surface area contributed by atoms with Crippen molar-refractivity contribution in [3.8, 4) is 5.75 Å². The van der Waals surface area contributed by atoms with Gasteiger partial charge in [0.25, 0.3) is 0 Å². The zero-order chi connectivity index (χ0) is 11.8. The van der Waals surface area contributed by atoms with Gasteiger partial charge < -0.3 is 5.11 Å². The van der Waals surface area contributed by atoms with Gasteiger partial charge >= 0.3 is 0 Å². The van der Waals surface area contributed by atoms with E-state index in [2.05, 4.69) is 0 Å². The van der Waals surface area contributed by atoms with Crippen molar-refractivity contribution in [3.63, 3.8) is 0 Å². The summed E-state index contributed by atoms with van der Waals surface area (Å²) in [6.45, 7) is 0. The van der Waals surface area contributed by atoms with Gasteiger partial charge in [-0.2, -0.15) is 0 Å². The first-order valence-electron chi connectivity index (χ1n) is 5.31. The maximum atomic E-state index is 10.6. The van der Waals surface area contributed by atoms with Gasteiger partial charge in [0.05, 0.1) is 5.56 Å². The quantitative estimate of drug-likeness (QED) is 0.641. The average Bonchev–Trinajstić information content (AvgIpc) is 2.35. The molecule has 0 aliphatic carbocycles. The predicted molar refractivity (Wildman–Crippen MR) is 67.9 cm³/mol. The lowest BCUT2D eigenvalue weighted by Crippen LogP contribution is -1.83. The molecule has 0 bridgehead atoms. The number of benzene rings is 3. The van der Waals surface area contributed by atoms with Gasteiger partial charge in [0.1, 0.15) is 5.75 Å². The first-order valence-corrected chi connectivity index (χ1v) is 5.31. The third-order valence-corrected chi connectivity index (χ3v) is 2.93. The van der Waals surface area contributed by atoms with Crippen molar-refractivity contribution in [2.45, 2.75) is 0 Å². The summed E-state index contributed by atoms with van der Waals surface area (Å²) < 4.78 is 0. The van der Waals surface area contributed by atoms with Crippen LogP contribution in [0.25, 0.3) is 21.5 Å². The second kappa shape index (κ2) is 3.59. The van der Waals surface area contributed by atoms with Crippen LogP contribution >= 0.6 is 0 Å². The van der Waals surface area contributed by atoms with Gasteiger partial charge in [0, 0.05) is 0 Å². The van der Waals surface area contributed by atoms with Gasteiger partial charge in [-0.1, -0.05) is 24.3 Å². The molecule has 0 aliphatic heterocycles. The van der Waals surface area contributed by atoms with Crippen LogP contribution in [0.1, 0.15) is 5.56 Å². The van der Waals surface area contributed by atoms with Crippen molar-refractivity contribution in [2.24, 2.45) is 0 Å². The number of phenols is 1. The topological polar surface area (TPSA) is 37.3 Å². The third kappa shape index (κ3) is 1.54. The summed E-state index contributed by atoms with van der Waals surface area (Å²) in [6.07, 6.45) is 1.74. The molecule has 0 saturated carbocycles. The van der Waals surface area contributed by atoms with Crippen molar-refractivity contribution in [1.82, 2.24) is 0 Å². The molecule has 0 spiro atoms. The molecule has 3 aromatic rings. The maximum Gasteiger partial charge on any atom is 0.237 e. The Balaban J connectivity index is 2.43. The van der Waals surface area contributed by atoms with Crippen LogP contribution in [0.3, 0.4) is 0 Å². The van der Waals surface area contributed by atoms with Crippen LogP contribution < -0.4 is 0 Å². The third-order valence-electron chi connectivity index (χ3n) is 2.93. The van der Waals surface area contributed by atoms with Crippen LogP contribution in [0.5, 0.6) is 5.75 Å². The van der Waals surface area contributed by atoms with E-state index in [-0.39, 0.29) is 11.3 Å². The highest BCUT2D eigenvalue weighted by Gasteiger charge is 2.04. The first kappa shape index (κ1) is 9.85. The molecule has 1 N–H and O–H groups in total. The van der Waals surface area contributed by atoms with E-state index in [1.165, 1.54) is 0 Å². The second-order valence-corrected chi connectivity index (χ2v) is 4.02. The molecule has 0 unspecified atom stereocenters. The van der Waals surface area contributed by atoms with Crippen LogP contribution in [0, 0.1) is 0 Å². The second-order valence-electron chi connectivity index (χ2n) is 4.02. The van der Waals surface area contributed by atoms with Crippen molar-refractivity contribution < 1.29 is 9.90 Å². The molecule has 0 heterocycles. The Labute approximate surface area is 98.1 Å². The summed E-state index contributed by atoms with van der Waals surface area (Å²) >= 11 is 0. The minimum Gasteiger partial charge on any atom is -0.507 e. The fourth-order valence-electron chi connectivity index (χ4n) is 2.06. The Hall–Kier alpha value is -2.35. The van der Waals surface area contributed by atoms with Crippen LogP contribution in [-0.4, -0.2) is 11.4 Å². The summed E-state index contributed by atoms with van der Waals surface area (Å²) in [6, 6.07) is 15.2. The van der Waals surface area contributed by atoms with Gasteiger partial charge in [-0.15, -0.1) is 0 Å². The Bertz CT molecular complexity index is 729. The van der Waals surface area contributed by atoms with E-state index in [9.17, 15) is 9.90 Å². The number of rotatable bonds is 1. The van der Waals surface area contributed by atoms with Crippen LogP contribution in [0.4, 0.5) is 0 Å². The average molecular weight is 221 g/mol. The molecule has 81 valence electrons. The van der Waals surface area contributed by atoms with Gasteiger partial charge in [0.2, 0.25) is 6.29 Å². The summed E-state index contributed by atoms with van der Waals surface area (Å²) in [5.74, 6) is -0.0252. The minimum atomic E-state index is -0.0252. The molecule has 0 fully saturated rings. The largest absolute Gasteiger partial charge is 0.507 e. The molecular formula is C15H9O2. The molecule has 1 radical (unpaired) electrons. The van der Waals surface area contributed by atoms with Crippen molar-refractivity contribution in [2.75, 3.05) is 0 Å². The normalized spacial score (nSPS) is 10.8. The van der Waals surface area contributed by atoms with E-state index in [1.54, 1.807) is 18.4 Å². The smallest absolute Gasteiger partial charge is 0.237 e. The zero-order valence-electron chi connectivity index (χ0n) is 8.97. The highest BCUT2D eigenvalue weighted by atomic mass is 16.3. The van der Waals surface area contributed by atoms with Crippen molar-refractivity contribution in [1.29, 1.82) is 0 Å². The number of aromatic hydroxyl groups is 1. The molecule has 0 amide bonds. The van der Waals surface area contributed by atoms with Gasteiger partial charge in [-0.25, -0.2) is 0 Å². The van der Waals surface area contributed by atoms with Crippen molar-refractivity contribution in [3.05, 3.63) is 54.1 Å². The molecular weight excluding hydrogens is 212 g/mol.